The third-order valence-corrected chi connectivity index (χ3v) is 8.95. The van der Waals surface area contributed by atoms with Gasteiger partial charge >= 0.3 is 0 Å². The molecule has 2 heterocycles. The highest BCUT2D eigenvalue weighted by Gasteiger charge is 2.55. The predicted molar refractivity (Wildman–Crippen MR) is 50.4 cm³/mol. The Kier molecular flexibility index (Phi) is 1.93. The van der Waals surface area contributed by atoms with Crippen LogP contribution in [-0.4, -0.2) is 32.0 Å². The van der Waals surface area contributed by atoms with E-state index >= 15 is 0 Å². The number of nitrogens with zero attached hydrogens (tertiary/aromatic N) is 1. The molecule has 70 valence electrons. The maximum Gasteiger partial charge on any atom is 0.219 e. The lowest BCUT2D eigenvalue weighted by molar-refractivity contribution is -0.120. The van der Waals surface area contributed by atoms with Gasteiger partial charge in [0.25, 0.3) is 0 Å². The summed E-state index contributed by atoms with van der Waals surface area (Å²) in [5.74, 6) is 0.0730. The summed E-state index contributed by atoms with van der Waals surface area (Å²) in [6.45, 7) is 3.24. The van der Waals surface area contributed by atoms with Crippen LogP contribution in [0.5, 0.6) is 0 Å². The Morgan fingerprint density at radius 1 is 1.75 bits per heavy atom. The van der Waals surface area contributed by atoms with Crippen molar-refractivity contribution in [3.05, 3.63) is 0 Å². The van der Waals surface area contributed by atoms with Gasteiger partial charge < -0.3 is 5.32 Å². The SMILES string of the molecule is CCC(=O)NCCN1S2=S1(=O)C2. The maximum atomic E-state index is 11.3. The average Bonchev–Trinajstić information content (AvgIpc) is 2.85. The van der Waals surface area contributed by atoms with E-state index in [4.69, 9.17) is 0 Å². The van der Waals surface area contributed by atoms with E-state index in [1.807, 2.05) is 10.6 Å². The zero-order chi connectivity index (χ0) is 8.77. The van der Waals surface area contributed by atoms with Gasteiger partial charge in [-0.2, -0.15) is 3.71 Å². The minimum absolute atomic E-state index is 0.0730. The summed E-state index contributed by atoms with van der Waals surface area (Å²) < 4.78 is 13.3. The molecule has 2 rings (SSSR count). The molecule has 0 saturated heterocycles. The van der Waals surface area contributed by atoms with Crippen molar-refractivity contribution in [3.8, 4) is 0 Å². The van der Waals surface area contributed by atoms with Crippen LogP contribution in [0.15, 0.2) is 0 Å². The molecule has 0 aromatic carbocycles. The molecule has 4 nitrogen and oxygen atoms in total. The number of nitrogens with one attached hydrogen (secondary N) is 1. The predicted octanol–water partition coefficient (Wildman–Crippen LogP) is -0.553. The van der Waals surface area contributed by atoms with Crippen LogP contribution in [0.4, 0.5) is 0 Å². The molecular weight excluding hydrogens is 196 g/mol. The van der Waals surface area contributed by atoms with E-state index in [1.54, 1.807) is 0 Å². The van der Waals surface area contributed by atoms with Crippen LogP contribution in [0.2, 0.25) is 0 Å². The van der Waals surface area contributed by atoms with E-state index < -0.39 is 8.68 Å². The van der Waals surface area contributed by atoms with E-state index in [-0.39, 0.29) is 15.5 Å². The van der Waals surface area contributed by atoms with E-state index in [0.29, 0.717) is 13.0 Å². The Morgan fingerprint density at radius 2 is 2.42 bits per heavy atom. The molecular formula is C6H12N2O2S2. The fraction of sp³-hybridized carbons (Fsp3) is 0.833. The second-order valence-electron chi connectivity index (χ2n) is 2.78. The summed E-state index contributed by atoms with van der Waals surface area (Å²) in [5, 5.41) is 3.69. The number of amides is 1. The van der Waals surface area contributed by atoms with Crippen LogP contribution in [0.3, 0.4) is 0 Å². The van der Waals surface area contributed by atoms with Crippen LogP contribution in [0.25, 0.3) is 0 Å². The molecule has 1 amide bonds. The highest BCUT2D eigenvalue weighted by Crippen LogP contribution is 2.43. The van der Waals surface area contributed by atoms with Gasteiger partial charge in [0.1, 0.15) is 5.08 Å². The molecule has 3 atom stereocenters. The Morgan fingerprint density at radius 3 is 2.83 bits per heavy atom. The minimum atomic E-state index is -1.44. The zero-order valence-corrected chi connectivity index (χ0v) is 8.54. The standard InChI is InChI=1S/C6H12N2O2S2/c1-2-6(9)7-3-4-8-11-5-12(8,11)10/h2-5H2,1H3,(H,7,9). The van der Waals surface area contributed by atoms with Gasteiger partial charge in [-0.15, -0.1) is 0 Å². The highest BCUT2D eigenvalue weighted by molar-refractivity contribution is 8.74. The molecule has 2 aliphatic rings. The quantitative estimate of drug-likeness (QED) is 0.674. The van der Waals surface area contributed by atoms with Crippen molar-refractivity contribution in [3.63, 3.8) is 0 Å². The minimum Gasteiger partial charge on any atom is -0.355 e. The van der Waals surface area contributed by atoms with Gasteiger partial charge in [-0.1, -0.05) is 6.92 Å². The number of hydrogen-bond acceptors (Lipinski definition) is 2. The Labute approximate surface area is 74.2 Å². The Balaban J connectivity index is 1.60. The first-order chi connectivity index (χ1) is 5.68. The largest absolute Gasteiger partial charge is 0.355 e. The van der Waals surface area contributed by atoms with Crippen molar-refractivity contribution in [2.45, 2.75) is 13.3 Å². The van der Waals surface area contributed by atoms with Gasteiger partial charge in [0.15, 0.2) is 0 Å². The van der Waals surface area contributed by atoms with Crippen LogP contribution in [-0.2, 0) is 23.1 Å². The molecule has 0 fully saturated rings. The van der Waals surface area contributed by atoms with Crippen molar-refractivity contribution in [1.29, 1.82) is 0 Å². The summed E-state index contributed by atoms with van der Waals surface area (Å²) in [7, 11) is -1.29. The maximum absolute atomic E-state index is 11.3. The third-order valence-electron chi connectivity index (χ3n) is 1.94. The molecule has 0 saturated carbocycles. The number of carbonyl (C=O) groups excluding carboxylic acids is 1. The van der Waals surface area contributed by atoms with Crippen molar-refractivity contribution in [1.82, 2.24) is 9.03 Å². The molecule has 3 unspecified atom stereocenters. The molecule has 6 heteroatoms. The smallest absolute Gasteiger partial charge is 0.219 e. The van der Waals surface area contributed by atoms with Gasteiger partial charge in [0, 0.05) is 19.5 Å². The van der Waals surface area contributed by atoms with Gasteiger partial charge in [0.2, 0.25) is 5.91 Å². The summed E-state index contributed by atoms with van der Waals surface area (Å²) in [5.41, 5.74) is 0. The van der Waals surface area contributed by atoms with Crippen LogP contribution >= 0.6 is 0 Å². The lowest BCUT2D eigenvalue weighted by atomic mass is 10.4. The first-order valence-electron chi connectivity index (χ1n) is 3.96. The molecule has 0 spiro atoms. The number of rotatable bonds is 4. The normalized spacial score (nSPS) is 41.8. The van der Waals surface area contributed by atoms with Gasteiger partial charge in [0.05, 0.1) is 8.68 Å². The Bertz CT molecular complexity index is 343. The number of hydrogen-bond donors (Lipinski definition) is 1. The van der Waals surface area contributed by atoms with Gasteiger partial charge in [-0.05, 0) is 9.64 Å². The van der Waals surface area contributed by atoms with E-state index in [9.17, 15) is 9.00 Å². The monoisotopic (exact) mass is 208 g/mol. The van der Waals surface area contributed by atoms with Gasteiger partial charge in [-0.3, -0.25) is 4.79 Å². The van der Waals surface area contributed by atoms with Crippen molar-refractivity contribution in [2.75, 3.05) is 18.2 Å². The van der Waals surface area contributed by atoms with Crippen LogP contribution in [0, 0.1) is 0 Å². The highest BCUT2D eigenvalue weighted by atomic mass is 33.0. The molecule has 0 aliphatic carbocycles. The van der Waals surface area contributed by atoms with Gasteiger partial charge in [-0.25, -0.2) is 4.21 Å². The summed E-state index contributed by atoms with van der Waals surface area (Å²) in [6.07, 6.45) is 0.529. The molecule has 0 aromatic rings. The van der Waals surface area contributed by atoms with E-state index in [0.717, 1.165) is 11.6 Å². The van der Waals surface area contributed by atoms with Crippen molar-refractivity contribution < 1.29 is 9.00 Å². The lowest BCUT2D eigenvalue weighted by Gasteiger charge is -2.09. The Hall–Kier alpha value is -0.0700. The van der Waals surface area contributed by atoms with Crippen molar-refractivity contribution >= 4 is 24.2 Å². The lowest BCUT2D eigenvalue weighted by Crippen LogP contribution is -2.31. The fourth-order valence-electron chi connectivity index (χ4n) is 1.06. The summed E-state index contributed by atoms with van der Waals surface area (Å²) in [6, 6.07) is 0. The molecule has 0 radical (unpaired) electrons. The average molecular weight is 208 g/mol. The summed E-state index contributed by atoms with van der Waals surface area (Å²) >= 11 is 0. The van der Waals surface area contributed by atoms with Crippen LogP contribution in [0.1, 0.15) is 13.3 Å². The zero-order valence-electron chi connectivity index (χ0n) is 6.91. The first-order valence-corrected chi connectivity index (χ1v) is 7.51. The molecule has 2 aliphatic heterocycles. The molecule has 12 heavy (non-hydrogen) atoms. The first kappa shape index (κ1) is 8.52. The molecule has 1 N–H and O–H groups in total. The van der Waals surface area contributed by atoms with E-state index in [1.165, 1.54) is 0 Å². The van der Waals surface area contributed by atoms with Crippen molar-refractivity contribution in [2.24, 2.45) is 0 Å². The molecule has 0 aromatic heterocycles. The second-order valence-corrected chi connectivity index (χ2v) is 9.36. The fourth-order valence-corrected chi connectivity index (χ4v) is 7.56. The summed E-state index contributed by atoms with van der Waals surface area (Å²) in [4.78, 5) is 10.8. The third kappa shape index (κ3) is 1.27. The molecule has 0 bridgehead atoms. The number of carbonyl (C=O) groups is 1. The van der Waals surface area contributed by atoms with E-state index in [2.05, 4.69) is 5.32 Å². The second kappa shape index (κ2) is 2.71. The van der Waals surface area contributed by atoms with Crippen LogP contribution < -0.4 is 5.32 Å². The topological polar surface area (TPSA) is 49.2 Å².